The van der Waals surface area contributed by atoms with Crippen LogP contribution in [0.5, 0.6) is 0 Å². The van der Waals surface area contributed by atoms with Crippen molar-refractivity contribution in [1.29, 1.82) is 0 Å². The third-order valence-electron chi connectivity index (χ3n) is 3.88. The van der Waals surface area contributed by atoms with Gasteiger partial charge in [-0.05, 0) is 31.1 Å². The van der Waals surface area contributed by atoms with Crippen LogP contribution in [-0.2, 0) is 9.59 Å². The highest BCUT2D eigenvalue weighted by Gasteiger charge is 2.62. The number of amides is 1. The second kappa shape index (κ2) is 3.70. The van der Waals surface area contributed by atoms with Crippen LogP contribution in [0.15, 0.2) is 0 Å². The zero-order chi connectivity index (χ0) is 12.8. The molecule has 1 unspecified atom stereocenters. The predicted molar refractivity (Wildman–Crippen MR) is 60.3 cm³/mol. The molecule has 5 nitrogen and oxygen atoms in total. The first-order valence-corrected chi connectivity index (χ1v) is 6.06. The van der Waals surface area contributed by atoms with Crippen LogP contribution in [0, 0.1) is 11.8 Å². The summed E-state index contributed by atoms with van der Waals surface area (Å²) in [5.41, 5.74) is -1.96. The van der Waals surface area contributed by atoms with Crippen LogP contribution in [-0.4, -0.2) is 33.2 Å². The van der Waals surface area contributed by atoms with Gasteiger partial charge in [-0.1, -0.05) is 13.8 Å². The molecule has 2 aliphatic carbocycles. The lowest BCUT2D eigenvalue weighted by Crippen LogP contribution is -2.46. The Labute approximate surface area is 100 Å². The molecule has 0 aliphatic heterocycles. The molecule has 17 heavy (non-hydrogen) atoms. The molecule has 2 atom stereocenters. The zero-order valence-corrected chi connectivity index (χ0v) is 10.2. The molecule has 0 saturated heterocycles. The van der Waals surface area contributed by atoms with Crippen molar-refractivity contribution in [2.75, 3.05) is 0 Å². The topological polar surface area (TPSA) is 86.6 Å². The quantitative estimate of drug-likeness (QED) is 0.655. The van der Waals surface area contributed by atoms with Crippen molar-refractivity contribution in [3.63, 3.8) is 0 Å². The fourth-order valence-corrected chi connectivity index (χ4v) is 2.45. The number of aliphatic carboxylic acids is 1. The Balaban J connectivity index is 1.96. The number of nitrogens with one attached hydrogen (secondary N) is 1. The van der Waals surface area contributed by atoms with E-state index in [2.05, 4.69) is 5.32 Å². The van der Waals surface area contributed by atoms with Crippen LogP contribution in [0.4, 0.5) is 0 Å². The van der Waals surface area contributed by atoms with E-state index in [1.165, 1.54) is 0 Å². The molecule has 5 heteroatoms. The number of carbonyl (C=O) groups excluding carboxylic acids is 1. The zero-order valence-electron chi connectivity index (χ0n) is 10.2. The molecular formula is C12H19NO4. The van der Waals surface area contributed by atoms with E-state index in [0.29, 0.717) is 19.3 Å². The summed E-state index contributed by atoms with van der Waals surface area (Å²) in [6.45, 7) is 3.91. The van der Waals surface area contributed by atoms with Crippen molar-refractivity contribution in [1.82, 2.24) is 5.32 Å². The molecule has 2 fully saturated rings. The van der Waals surface area contributed by atoms with Gasteiger partial charge in [-0.15, -0.1) is 0 Å². The monoisotopic (exact) mass is 241 g/mol. The Morgan fingerprint density at radius 2 is 2.00 bits per heavy atom. The fraction of sp³-hybridized carbons (Fsp3) is 0.833. The summed E-state index contributed by atoms with van der Waals surface area (Å²) in [4.78, 5) is 22.9. The van der Waals surface area contributed by atoms with Crippen molar-refractivity contribution in [3.05, 3.63) is 0 Å². The maximum atomic E-state index is 11.7. The summed E-state index contributed by atoms with van der Waals surface area (Å²) in [6.07, 6.45) is 1.78. The lowest BCUT2D eigenvalue weighted by Gasteiger charge is -2.17. The standard InChI is InChI=1S/C12H19NO4/c1-7(2)8-5-12(8,10(15)16)13-9(14)6-11(17)3-4-11/h7-8,17H,3-6H2,1-2H3,(H,13,14)(H,15,16)/t8-,12?/m0/s1. The highest BCUT2D eigenvalue weighted by Crippen LogP contribution is 2.49. The molecule has 2 saturated carbocycles. The third kappa shape index (κ3) is 2.29. The van der Waals surface area contributed by atoms with Gasteiger partial charge >= 0.3 is 5.97 Å². The number of carboxylic acid groups (broad SMARTS) is 1. The van der Waals surface area contributed by atoms with E-state index < -0.39 is 17.1 Å². The molecule has 0 aromatic carbocycles. The molecule has 0 aromatic rings. The first-order chi connectivity index (χ1) is 7.79. The third-order valence-corrected chi connectivity index (χ3v) is 3.88. The van der Waals surface area contributed by atoms with Gasteiger partial charge in [0.2, 0.25) is 5.91 Å². The van der Waals surface area contributed by atoms with Crippen LogP contribution in [0.1, 0.15) is 39.5 Å². The summed E-state index contributed by atoms with van der Waals surface area (Å²) in [6, 6.07) is 0. The van der Waals surface area contributed by atoms with Crippen LogP contribution in [0.2, 0.25) is 0 Å². The highest BCUT2D eigenvalue weighted by molar-refractivity contribution is 5.90. The molecule has 2 aliphatic rings. The largest absolute Gasteiger partial charge is 0.479 e. The predicted octanol–water partition coefficient (Wildman–Crippen LogP) is 0.517. The molecule has 0 spiro atoms. The fourth-order valence-electron chi connectivity index (χ4n) is 2.45. The van der Waals surface area contributed by atoms with E-state index in [9.17, 15) is 19.8 Å². The van der Waals surface area contributed by atoms with Gasteiger partial charge < -0.3 is 15.5 Å². The van der Waals surface area contributed by atoms with Gasteiger partial charge in [-0.25, -0.2) is 4.79 Å². The minimum atomic E-state index is -1.09. The van der Waals surface area contributed by atoms with E-state index in [1.54, 1.807) is 0 Å². The normalized spacial score (nSPS) is 33.3. The van der Waals surface area contributed by atoms with Crippen molar-refractivity contribution >= 4 is 11.9 Å². The Morgan fingerprint density at radius 1 is 1.41 bits per heavy atom. The molecule has 0 bridgehead atoms. The summed E-state index contributed by atoms with van der Waals surface area (Å²) in [5.74, 6) is -1.09. The summed E-state index contributed by atoms with van der Waals surface area (Å²) < 4.78 is 0. The molecule has 3 N–H and O–H groups in total. The van der Waals surface area contributed by atoms with E-state index in [1.807, 2.05) is 13.8 Å². The van der Waals surface area contributed by atoms with Gasteiger partial charge in [-0.3, -0.25) is 4.79 Å². The second-order valence-electron chi connectivity index (χ2n) is 5.78. The van der Waals surface area contributed by atoms with Gasteiger partial charge in [0.05, 0.1) is 12.0 Å². The lowest BCUT2D eigenvalue weighted by molar-refractivity contribution is -0.144. The molecule has 0 heterocycles. The van der Waals surface area contributed by atoms with Crippen molar-refractivity contribution < 1.29 is 19.8 Å². The summed E-state index contributed by atoms with van der Waals surface area (Å²) in [5, 5.41) is 21.4. The Morgan fingerprint density at radius 3 is 2.35 bits per heavy atom. The first kappa shape index (κ1) is 12.4. The molecule has 0 aromatic heterocycles. The Hall–Kier alpha value is -1.10. The second-order valence-corrected chi connectivity index (χ2v) is 5.78. The van der Waals surface area contributed by atoms with E-state index in [0.717, 1.165) is 0 Å². The van der Waals surface area contributed by atoms with Crippen molar-refractivity contribution in [2.24, 2.45) is 11.8 Å². The summed E-state index contributed by atoms with van der Waals surface area (Å²) in [7, 11) is 0. The SMILES string of the molecule is CC(C)[C@@H]1CC1(NC(=O)CC1(O)CC1)C(=O)O. The van der Waals surface area contributed by atoms with Crippen molar-refractivity contribution in [2.45, 2.75) is 50.7 Å². The molecule has 2 rings (SSSR count). The first-order valence-electron chi connectivity index (χ1n) is 6.06. The minimum absolute atomic E-state index is 0.00204. The smallest absolute Gasteiger partial charge is 0.329 e. The van der Waals surface area contributed by atoms with Gasteiger partial charge in [0, 0.05) is 0 Å². The highest BCUT2D eigenvalue weighted by atomic mass is 16.4. The molecule has 96 valence electrons. The maximum Gasteiger partial charge on any atom is 0.329 e. The van der Waals surface area contributed by atoms with Gasteiger partial charge in [0.1, 0.15) is 5.54 Å². The number of hydrogen-bond acceptors (Lipinski definition) is 3. The Kier molecular flexibility index (Phi) is 2.69. The average molecular weight is 241 g/mol. The number of rotatable bonds is 5. The number of carbonyl (C=O) groups is 2. The van der Waals surface area contributed by atoms with Crippen LogP contribution < -0.4 is 5.32 Å². The number of hydrogen-bond donors (Lipinski definition) is 3. The van der Waals surface area contributed by atoms with Gasteiger partial charge in [-0.2, -0.15) is 0 Å². The maximum absolute atomic E-state index is 11.7. The number of aliphatic hydroxyl groups is 1. The molecule has 1 amide bonds. The van der Waals surface area contributed by atoms with Crippen LogP contribution >= 0.6 is 0 Å². The minimum Gasteiger partial charge on any atom is -0.479 e. The van der Waals surface area contributed by atoms with Crippen LogP contribution in [0.25, 0.3) is 0 Å². The molecular weight excluding hydrogens is 222 g/mol. The van der Waals surface area contributed by atoms with E-state index in [-0.39, 0.29) is 24.2 Å². The number of carboxylic acids is 1. The van der Waals surface area contributed by atoms with Gasteiger partial charge in [0.25, 0.3) is 0 Å². The van der Waals surface area contributed by atoms with Crippen LogP contribution in [0.3, 0.4) is 0 Å². The summed E-state index contributed by atoms with van der Waals surface area (Å²) >= 11 is 0. The van der Waals surface area contributed by atoms with E-state index >= 15 is 0 Å². The lowest BCUT2D eigenvalue weighted by atomic mass is 10.0. The van der Waals surface area contributed by atoms with Gasteiger partial charge in [0.15, 0.2) is 0 Å². The average Bonchev–Trinajstić information content (AvgIpc) is 3.04. The van der Waals surface area contributed by atoms with Crippen molar-refractivity contribution in [3.8, 4) is 0 Å². The molecule has 0 radical (unpaired) electrons. The Bertz CT molecular complexity index is 362. The van der Waals surface area contributed by atoms with E-state index in [4.69, 9.17) is 0 Å².